The molecule has 1 atom stereocenters. The summed E-state index contributed by atoms with van der Waals surface area (Å²) in [5.41, 5.74) is -2.20. The summed E-state index contributed by atoms with van der Waals surface area (Å²) in [7, 11) is 0. The maximum Gasteiger partial charge on any atom is 0.573 e. The van der Waals surface area contributed by atoms with Gasteiger partial charge in [0.2, 0.25) is 0 Å². The first-order valence-electron chi connectivity index (χ1n) is 8.38. The van der Waals surface area contributed by atoms with E-state index in [0.29, 0.717) is 0 Å². The van der Waals surface area contributed by atoms with E-state index < -0.39 is 41.7 Å². The molecule has 0 amide bonds. The van der Waals surface area contributed by atoms with Gasteiger partial charge in [0.25, 0.3) is 12.2 Å². The van der Waals surface area contributed by atoms with Crippen LogP contribution in [0.3, 0.4) is 0 Å². The van der Waals surface area contributed by atoms with Gasteiger partial charge in [0.1, 0.15) is 17.8 Å². The lowest BCUT2D eigenvalue weighted by molar-refractivity contribution is -0.275. The molecule has 162 valence electrons. The molecule has 2 N–H and O–H groups in total. The number of alkyl halides is 5. The van der Waals surface area contributed by atoms with Gasteiger partial charge in [0.15, 0.2) is 11.6 Å². The Morgan fingerprint density at radius 3 is 2.43 bits per heavy atom. The average Bonchev–Trinajstić information content (AvgIpc) is 3.08. The van der Waals surface area contributed by atoms with Crippen molar-refractivity contribution in [3.8, 4) is 5.75 Å². The number of ether oxygens (including phenoxy) is 1. The van der Waals surface area contributed by atoms with E-state index in [-0.39, 0.29) is 17.2 Å². The Morgan fingerprint density at radius 1 is 1.17 bits per heavy atom. The molecule has 13 heteroatoms. The number of halogens is 6. The fourth-order valence-corrected chi connectivity index (χ4v) is 2.76. The van der Waals surface area contributed by atoms with E-state index in [1.54, 1.807) is 0 Å². The molecule has 0 saturated heterocycles. The molecule has 3 aromatic rings. The van der Waals surface area contributed by atoms with Crippen molar-refractivity contribution in [1.29, 1.82) is 0 Å². The van der Waals surface area contributed by atoms with Gasteiger partial charge < -0.3 is 15.2 Å². The van der Waals surface area contributed by atoms with Gasteiger partial charge in [-0.3, -0.25) is 0 Å². The normalized spacial score (nSPS) is 13.7. The van der Waals surface area contributed by atoms with Gasteiger partial charge in [-0.25, -0.2) is 18.2 Å². The Hall–Kier alpha value is -3.09. The Kier molecular flexibility index (Phi) is 5.50. The standard InChI is InChI=1S/C17H15F6N5O2/c1-16(2,29)13(8-3-4-11(9(18)5-8)30-17(21,22)23)27-12-6-10(14(19)20)26-15-24-7-25-28(12)15/h3-7,13-14,27,29H,1-2H3/t13-/m1/s1. The second-order valence-corrected chi connectivity index (χ2v) is 6.81. The fourth-order valence-electron chi connectivity index (χ4n) is 2.76. The van der Waals surface area contributed by atoms with Gasteiger partial charge in [0, 0.05) is 6.07 Å². The van der Waals surface area contributed by atoms with Crippen molar-refractivity contribution in [2.75, 3.05) is 5.32 Å². The van der Waals surface area contributed by atoms with E-state index in [9.17, 15) is 31.4 Å². The van der Waals surface area contributed by atoms with E-state index in [4.69, 9.17) is 0 Å². The van der Waals surface area contributed by atoms with Gasteiger partial charge >= 0.3 is 6.36 Å². The molecule has 0 radical (unpaired) electrons. The van der Waals surface area contributed by atoms with Crippen LogP contribution in [-0.4, -0.2) is 36.7 Å². The van der Waals surface area contributed by atoms with Crippen LogP contribution in [-0.2, 0) is 0 Å². The summed E-state index contributed by atoms with van der Waals surface area (Å²) >= 11 is 0. The summed E-state index contributed by atoms with van der Waals surface area (Å²) in [6.07, 6.45) is -6.94. The minimum atomic E-state index is -5.09. The predicted molar refractivity (Wildman–Crippen MR) is 91.5 cm³/mol. The molecule has 0 fully saturated rings. The molecule has 2 aromatic heterocycles. The molecule has 0 unspecified atom stereocenters. The Morgan fingerprint density at radius 2 is 1.87 bits per heavy atom. The number of aromatic nitrogens is 4. The monoisotopic (exact) mass is 435 g/mol. The molecule has 2 heterocycles. The van der Waals surface area contributed by atoms with Crippen molar-refractivity contribution >= 4 is 11.6 Å². The smallest absolute Gasteiger partial charge is 0.403 e. The first kappa shape index (κ1) is 21.6. The summed E-state index contributed by atoms with van der Waals surface area (Å²) in [5, 5.41) is 17.2. The van der Waals surface area contributed by atoms with Crippen LogP contribution >= 0.6 is 0 Å². The van der Waals surface area contributed by atoms with Crippen molar-refractivity contribution < 1.29 is 36.2 Å². The van der Waals surface area contributed by atoms with Crippen molar-refractivity contribution in [2.24, 2.45) is 0 Å². The third-order valence-electron chi connectivity index (χ3n) is 4.01. The van der Waals surface area contributed by atoms with Gasteiger partial charge in [-0.1, -0.05) is 6.07 Å². The molecule has 0 spiro atoms. The van der Waals surface area contributed by atoms with Crippen LogP contribution < -0.4 is 10.1 Å². The first-order chi connectivity index (χ1) is 13.8. The Labute approximate surface area is 165 Å². The molecule has 0 saturated carbocycles. The lowest BCUT2D eigenvalue weighted by Gasteiger charge is -2.31. The molecule has 3 rings (SSSR count). The molecular weight excluding hydrogens is 420 g/mol. The summed E-state index contributed by atoms with van der Waals surface area (Å²) in [6.45, 7) is 2.69. The Balaban J connectivity index is 2.02. The number of aliphatic hydroxyl groups is 1. The third-order valence-corrected chi connectivity index (χ3v) is 4.01. The zero-order valence-electron chi connectivity index (χ0n) is 15.5. The molecule has 0 aliphatic carbocycles. The lowest BCUT2D eigenvalue weighted by Crippen LogP contribution is -2.35. The number of hydrogen-bond acceptors (Lipinski definition) is 6. The zero-order chi connectivity index (χ0) is 22.3. The average molecular weight is 435 g/mol. The van der Waals surface area contributed by atoms with E-state index in [1.807, 2.05) is 0 Å². The van der Waals surface area contributed by atoms with Crippen molar-refractivity contribution in [2.45, 2.75) is 38.3 Å². The summed E-state index contributed by atoms with van der Waals surface area (Å²) in [5.74, 6) is -2.57. The highest BCUT2D eigenvalue weighted by atomic mass is 19.4. The molecule has 1 aromatic carbocycles. The van der Waals surface area contributed by atoms with E-state index >= 15 is 0 Å². The van der Waals surface area contributed by atoms with E-state index in [0.717, 1.165) is 35.1 Å². The molecule has 0 aliphatic heterocycles. The fraction of sp³-hybridized carbons (Fsp3) is 0.353. The lowest BCUT2D eigenvalue weighted by atomic mass is 9.91. The van der Waals surface area contributed by atoms with Crippen LogP contribution in [0.4, 0.5) is 32.2 Å². The quantitative estimate of drug-likeness (QED) is 0.569. The molecule has 7 nitrogen and oxygen atoms in total. The minimum absolute atomic E-state index is 0.0261. The predicted octanol–water partition coefficient (Wildman–Crippen LogP) is 4.02. The van der Waals surface area contributed by atoms with Gasteiger partial charge in [-0.05, 0) is 31.5 Å². The van der Waals surface area contributed by atoms with Crippen LogP contribution in [0.2, 0.25) is 0 Å². The number of nitrogens with zero attached hydrogens (tertiary/aromatic N) is 4. The topological polar surface area (TPSA) is 84.6 Å². The largest absolute Gasteiger partial charge is 0.573 e. The second-order valence-electron chi connectivity index (χ2n) is 6.81. The van der Waals surface area contributed by atoms with E-state index in [2.05, 4.69) is 25.1 Å². The van der Waals surface area contributed by atoms with Crippen molar-refractivity contribution in [3.63, 3.8) is 0 Å². The Bertz CT molecular complexity index is 1050. The molecule has 30 heavy (non-hydrogen) atoms. The highest BCUT2D eigenvalue weighted by molar-refractivity contribution is 5.48. The number of hydrogen-bond donors (Lipinski definition) is 2. The third kappa shape index (κ3) is 4.72. The molecule has 0 bridgehead atoms. The summed E-state index contributed by atoms with van der Waals surface area (Å²) in [6, 6.07) is 2.42. The number of fused-ring (bicyclic) bond motifs is 1. The number of nitrogens with one attached hydrogen (secondary N) is 1. The van der Waals surface area contributed by atoms with Gasteiger partial charge in [-0.2, -0.15) is 14.6 Å². The van der Waals surface area contributed by atoms with Crippen LogP contribution in [0, 0.1) is 5.82 Å². The number of rotatable bonds is 6. The first-order valence-corrected chi connectivity index (χ1v) is 8.38. The highest BCUT2D eigenvalue weighted by Gasteiger charge is 2.34. The van der Waals surface area contributed by atoms with Crippen LogP contribution in [0.5, 0.6) is 5.75 Å². The highest BCUT2D eigenvalue weighted by Crippen LogP contribution is 2.34. The van der Waals surface area contributed by atoms with Crippen molar-refractivity contribution in [3.05, 3.63) is 47.7 Å². The zero-order valence-corrected chi connectivity index (χ0v) is 15.5. The minimum Gasteiger partial charge on any atom is -0.403 e. The second kappa shape index (κ2) is 7.63. The number of benzene rings is 1. The van der Waals surface area contributed by atoms with Crippen LogP contribution in [0.1, 0.15) is 37.6 Å². The van der Waals surface area contributed by atoms with Crippen LogP contribution in [0.15, 0.2) is 30.6 Å². The van der Waals surface area contributed by atoms with Gasteiger partial charge in [0.05, 0.1) is 11.6 Å². The van der Waals surface area contributed by atoms with E-state index in [1.165, 1.54) is 13.8 Å². The molecular formula is C17H15F6N5O2. The maximum atomic E-state index is 14.2. The number of anilines is 1. The SMILES string of the molecule is CC(C)(O)[C@H](Nc1cc(C(F)F)nc2ncnn12)c1ccc(OC(F)(F)F)c(F)c1. The van der Waals surface area contributed by atoms with Crippen LogP contribution in [0.25, 0.3) is 5.78 Å². The molecule has 0 aliphatic rings. The summed E-state index contributed by atoms with van der Waals surface area (Å²) in [4.78, 5) is 7.40. The van der Waals surface area contributed by atoms with Gasteiger partial charge in [-0.15, -0.1) is 13.2 Å². The van der Waals surface area contributed by atoms with Crippen molar-refractivity contribution in [1.82, 2.24) is 19.6 Å². The maximum absolute atomic E-state index is 14.2. The summed E-state index contributed by atoms with van der Waals surface area (Å²) < 4.78 is 82.2.